The summed E-state index contributed by atoms with van der Waals surface area (Å²) in [5, 5.41) is 8.89. The van der Waals surface area contributed by atoms with Crippen molar-refractivity contribution in [1.82, 2.24) is 9.97 Å². The van der Waals surface area contributed by atoms with Crippen LogP contribution in [0.1, 0.15) is 24.1 Å². The normalized spacial score (nSPS) is 10.7. The molecule has 156 valence electrons. The Bertz CT molecular complexity index is 970. The number of hydrogen-bond acceptors (Lipinski definition) is 5. The van der Waals surface area contributed by atoms with Gasteiger partial charge in [0.1, 0.15) is 5.75 Å². The molecule has 0 aliphatic heterocycles. The predicted molar refractivity (Wildman–Crippen MR) is 116 cm³/mol. The molecule has 0 saturated carbocycles. The van der Waals surface area contributed by atoms with Crippen molar-refractivity contribution in [1.29, 1.82) is 0 Å². The van der Waals surface area contributed by atoms with Gasteiger partial charge in [0.25, 0.3) is 0 Å². The molecule has 1 heterocycles. The highest BCUT2D eigenvalue weighted by molar-refractivity contribution is 5.78. The standard InChI is InChI=1S/C24H26N2O4/c1-29-15-3-4-20-16-25-23(18-10-12-21(30-2)13-11-18)24(26-20)19-8-5-17(6-9-19)7-14-22(27)28/h5-6,8-13,16H,3-4,7,14-15H2,1-2H3,(H,27,28). The quantitative estimate of drug-likeness (QED) is 0.502. The zero-order chi connectivity index (χ0) is 21.3. The third-order valence-electron chi connectivity index (χ3n) is 4.82. The average molecular weight is 406 g/mol. The molecule has 6 heteroatoms. The van der Waals surface area contributed by atoms with Crippen LogP contribution in [0.5, 0.6) is 5.75 Å². The molecular formula is C24H26N2O4. The van der Waals surface area contributed by atoms with Gasteiger partial charge in [0.05, 0.1) is 24.2 Å². The van der Waals surface area contributed by atoms with E-state index in [1.807, 2.05) is 54.7 Å². The third-order valence-corrected chi connectivity index (χ3v) is 4.82. The monoisotopic (exact) mass is 406 g/mol. The number of carboxylic acid groups (broad SMARTS) is 1. The van der Waals surface area contributed by atoms with Gasteiger partial charge in [-0.3, -0.25) is 9.78 Å². The molecule has 0 saturated heterocycles. The molecule has 0 fully saturated rings. The highest BCUT2D eigenvalue weighted by Gasteiger charge is 2.13. The van der Waals surface area contributed by atoms with Crippen molar-refractivity contribution in [2.75, 3.05) is 20.8 Å². The first-order valence-corrected chi connectivity index (χ1v) is 9.91. The second-order valence-corrected chi connectivity index (χ2v) is 6.97. The van der Waals surface area contributed by atoms with Crippen LogP contribution in [0.25, 0.3) is 22.5 Å². The van der Waals surface area contributed by atoms with Crippen LogP contribution in [0, 0.1) is 0 Å². The van der Waals surface area contributed by atoms with E-state index >= 15 is 0 Å². The first-order valence-electron chi connectivity index (χ1n) is 9.91. The summed E-state index contributed by atoms with van der Waals surface area (Å²) in [5.74, 6) is -0.0114. The maximum atomic E-state index is 10.8. The summed E-state index contributed by atoms with van der Waals surface area (Å²) < 4.78 is 10.4. The maximum Gasteiger partial charge on any atom is 0.303 e. The lowest BCUT2D eigenvalue weighted by Crippen LogP contribution is -2.01. The highest BCUT2D eigenvalue weighted by atomic mass is 16.5. The molecule has 3 rings (SSSR count). The molecule has 1 N–H and O–H groups in total. The largest absolute Gasteiger partial charge is 0.497 e. The molecule has 0 aliphatic carbocycles. The molecular weight excluding hydrogens is 380 g/mol. The summed E-state index contributed by atoms with van der Waals surface area (Å²) >= 11 is 0. The Kier molecular flexibility index (Phi) is 7.51. The fourth-order valence-electron chi connectivity index (χ4n) is 3.19. The van der Waals surface area contributed by atoms with Crippen LogP contribution < -0.4 is 4.74 Å². The molecule has 1 aromatic heterocycles. The van der Waals surface area contributed by atoms with Gasteiger partial charge in [0.15, 0.2) is 0 Å². The summed E-state index contributed by atoms with van der Waals surface area (Å²) in [5.41, 5.74) is 5.40. The highest BCUT2D eigenvalue weighted by Crippen LogP contribution is 2.30. The minimum absolute atomic E-state index is 0.116. The van der Waals surface area contributed by atoms with Gasteiger partial charge in [-0.25, -0.2) is 4.98 Å². The lowest BCUT2D eigenvalue weighted by Gasteiger charge is -2.12. The van der Waals surface area contributed by atoms with Crippen LogP contribution in [0.15, 0.2) is 54.7 Å². The Balaban J connectivity index is 1.95. The number of benzene rings is 2. The summed E-state index contributed by atoms with van der Waals surface area (Å²) in [7, 11) is 3.33. The second kappa shape index (κ2) is 10.5. The second-order valence-electron chi connectivity index (χ2n) is 6.97. The SMILES string of the molecule is COCCCc1cnc(-c2ccc(OC)cc2)c(-c2ccc(CCC(=O)O)cc2)n1. The average Bonchev–Trinajstić information content (AvgIpc) is 2.78. The van der Waals surface area contributed by atoms with Crippen molar-refractivity contribution in [3.8, 4) is 28.3 Å². The van der Waals surface area contributed by atoms with Gasteiger partial charge in [-0.2, -0.15) is 0 Å². The van der Waals surface area contributed by atoms with Crippen molar-refractivity contribution in [2.45, 2.75) is 25.7 Å². The Hall–Kier alpha value is -3.25. The Morgan fingerprint density at radius 1 is 0.933 bits per heavy atom. The van der Waals surface area contributed by atoms with E-state index in [4.69, 9.17) is 24.5 Å². The number of rotatable bonds is 10. The number of aryl methyl sites for hydroxylation is 2. The number of carbonyl (C=O) groups is 1. The lowest BCUT2D eigenvalue weighted by molar-refractivity contribution is -0.136. The maximum absolute atomic E-state index is 10.8. The van der Waals surface area contributed by atoms with Gasteiger partial charge < -0.3 is 14.6 Å². The Morgan fingerprint density at radius 2 is 1.60 bits per heavy atom. The summed E-state index contributed by atoms with van der Waals surface area (Å²) in [6.07, 6.45) is 4.10. The lowest BCUT2D eigenvalue weighted by atomic mass is 10.0. The molecule has 0 spiro atoms. The van der Waals surface area contributed by atoms with E-state index in [-0.39, 0.29) is 6.42 Å². The van der Waals surface area contributed by atoms with Gasteiger partial charge in [-0.05, 0) is 49.1 Å². The van der Waals surface area contributed by atoms with Gasteiger partial charge in [-0.1, -0.05) is 24.3 Å². The molecule has 0 atom stereocenters. The minimum Gasteiger partial charge on any atom is -0.497 e. The third kappa shape index (κ3) is 5.64. The number of hydrogen-bond donors (Lipinski definition) is 1. The first kappa shape index (κ1) is 21.5. The van der Waals surface area contributed by atoms with E-state index in [0.717, 1.165) is 52.4 Å². The molecule has 0 aliphatic rings. The molecule has 0 amide bonds. The van der Waals surface area contributed by atoms with E-state index in [2.05, 4.69) is 0 Å². The molecule has 3 aromatic rings. The number of methoxy groups -OCH3 is 2. The Morgan fingerprint density at radius 3 is 2.23 bits per heavy atom. The number of aliphatic carboxylic acids is 1. The topological polar surface area (TPSA) is 81.5 Å². The van der Waals surface area contributed by atoms with Crippen LogP contribution in [-0.2, 0) is 22.4 Å². The van der Waals surface area contributed by atoms with Crippen molar-refractivity contribution < 1.29 is 19.4 Å². The molecule has 6 nitrogen and oxygen atoms in total. The molecule has 0 radical (unpaired) electrons. The van der Waals surface area contributed by atoms with Crippen molar-refractivity contribution in [3.63, 3.8) is 0 Å². The first-order chi connectivity index (χ1) is 14.6. The van der Waals surface area contributed by atoms with Crippen molar-refractivity contribution in [2.24, 2.45) is 0 Å². The van der Waals surface area contributed by atoms with Gasteiger partial charge in [0.2, 0.25) is 0 Å². The molecule has 2 aromatic carbocycles. The van der Waals surface area contributed by atoms with E-state index in [0.29, 0.717) is 13.0 Å². The van der Waals surface area contributed by atoms with E-state index < -0.39 is 5.97 Å². The number of carboxylic acids is 1. The van der Waals surface area contributed by atoms with E-state index in [1.165, 1.54) is 0 Å². The predicted octanol–water partition coefficient (Wildman–Crippen LogP) is 4.42. The zero-order valence-electron chi connectivity index (χ0n) is 17.3. The number of nitrogens with zero attached hydrogens (tertiary/aromatic N) is 2. The van der Waals surface area contributed by atoms with Crippen LogP contribution in [0.4, 0.5) is 0 Å². The van der Waals surface area contributed by atoms with Gasteiger partial charge >= 0.3 is 5.97 Å². The smallest absolute Gasteiger partial charge is 0.303 e. The fraction of sp³-hybridized carbons (Fsp3) is 0.292. The van der Waals surface area contributed by atoms with Crippen LogP contribution in [-0.4, -0.2) is 41.9 Å². The zero-order valence-corrected chi connectivity index (χ0v) is 17.3. The van der Waals surface area contributed by atoms with Crippen LogP contribution >= 0.6 is 0 Å². The summed E-state index contributed by atoms with van der Waals surface area (Å²) in [4.78, 5) is 20.4. The van der Waals surface area contributed by atoms with Crippen molar-refractivity contribution in [3.05, 3.63) is 66.0 Å². The van der Waals surface area contributed by atoms with Crippen LogP contribution in [0.3, 0.4) is 0 Å². The van der Waals surface area contributed by atoms with E-state index in [1.54, 1.807) is 14.2 Å². The van der Waals surface area contributed by atoms with Gasteiger partial charge in [-0.15, -0.1) is 0 Å². The fourth-order valence-corrected chi connectivity index (χ4v) is 3.19. The number of aromatic nitrogens is 2. The van der Waals surface area contributed by atoms with Gasteiger partial charge in [0, 0.05) is 37.5 Å². The molecule has 0 bridgehead atoms. The van der Waals surface area contributed by atoms with Crippen molar-refractivity contribution >= 4 is 5.97 Å². The van der Waals surface area contributed by atoms with Crippen LogP contribution in [0.2, 0.25) is 0 Å². The van der Waals surface area contributed by atoms with E-state index in [9.17, 15) is 4.79 Å². The Labute approximate surface area is 176 Å². The summed E-state index contributed by atoms with van der Waals surface area (Å²) in [6, 6.07) is 15.6. The summed E-state index contributed by atoms with van der Waals surface area (Å²) in [6.45, 7) is 0.676. The number of ether oxygens (including phenoxy) is 2. The molecule has 0 unspecified atom stereocenters. The molecule has 30 heavy (non-hydrogen) atoms. The minimum atomic E-state index is -0.796.